The lowest BCUT2D eigenvalue weighted by Gasteiger charge is -2.21. The van der Waals surface area contributed by atoms with Gasteiger partial charge in [0.15, 0.2) is 0 Å². The number of carbonyl (C=O) groups excluding carboxylic acids is 1. The molecule has 3 rings (SSSR count). The fourth-order valence-electron chi connectivity index (χ4n) is 2.85. The smallest absolute Gasteiger partial charge is 0.410 e. The third kappa shape index (κ3) is 3.73. The van der Waals surface area contributed by atoms with Gasteiger partial charge in [0.25, 0.3) is 0 Å². The Labute approximate surface area is 128 Å². The first kappa shape index (κ1) is 14.3. The normalized spacial score (nSPS) is 16.0. The third-order valence-corrected chi connectivity index (χ3v) is 4.87. The predicted octanol–water partition coefficient (Wildman–Crippen LogP) is 4.27. The van der Waals surface area contributed by atoms with Crippen LogP contribution in [0.15, 0.2) is 18.2 Å². The minimum absolute atomic E-state index is 0.360. The zero-order valence-electron chi connectivity index (χ0n) is 12.2. The Morgan fingerprint density at radius 2 is 2.19 bits per heavy atom. The number of hydrogen-bond acceptors (Lipinski definition) is 4. The first-order chi connectivity index (χ1) is 10.2. The molecule has 1 amide bonds. The summed E-state index contributed by atoms with van der Waals surface area (Å²) >= 11 is 1.61. The molecule has 2 aromatic rings. The highest BCUT2D eigenvalue weighted by molar-refractivity contribution is 7.18. The Kier molecular flexibility index (Phi) is 4.39. The summed E-state index contributed by atoms with van der Waals surface area (Å²) in [6.07, 6.45) is 5.96. The molecule has 4 nitrogen and oxygen atoms in total. The Hall–Kier alpha value is -1.62. The second-order valence-corrected chi connectivity index (χ2v) is 6.87. The van der Waals surface area contributed by atoms with Crippen molar-refractivity contribution in [2.45, 2.75) is 39.0 Å². The SMILES string of the molecule is Cc1nc2ccc(OC(=O)NCC3CCCCC3)cc2s1. The van der Waals surface area contributed by atoms with E-state index >= 15 is 0 Å². The van der Waals surface area contributed by atoms with Crippen LogP contribution >= 0.6 is 11.3 Å². The Morgan fingerprint density at radius 3 is 3.00 bits per heavy atom. The van der Waals surface area contributed by atoms with E-state index in [2.05, 4.69) is 10.3 Å². The van der Waals surface area contributed by atoms with Crippen molar-refractivity contribution >= 4 is 27.6 Å². The van der Waals surface area contributed by atoms with E-state index in [0.717, 1.165) is 21.8 Å². The number of carbonyl (C=O) groups is 1. The average Bonchev–Trinajstić information content (AvgIpc) is 2.85. The molecular weight excluding hydrogens is 284 g/mol. The summed E-state index contributed by atoms with van der Waals surface area (Å²) in [7, 11) is 0. The highest BCUT2D eigenvalue weighted by atomic mass is 32.1. The van der Waals surface area contributed by atoms with Crippen molar-refractivity contribution in [1.29, 1.82) is 0 Å². The Bertz CT molecular complexity index is 632. The van der Waals surface area contributed by atoms with Crippen LogP contribution in [0.5, 0.6) is 5.75 Å². The lowest BCUT2D eigenvalue weighted by Crippen LogP contribution is -2.32. The number of nitrogens with zero attached hydrogens (tertiary/aromatic N) is 1. The van der Waals surface area contributed by atoms with E-state index in [1.54, 1.807) is 17.4 Å². The zero-order valence-corrected chi connectivity index (χ0v) is 13.0. The maximum absolute atomic E-state index is 11.9. The molecule has 1 aromatic carbocycles. The van der Waals surface area contributed by atoms with Gasteiger partial charge in [0.2, 0.25) is 0 Å². The van der Waals surface area contributed by atoms with Gasteiger partial charge in [-0.3, -0.25) is 0 Å². The number of amides is 1. The van der Waals surface area contributed by atoms with Crippen LogP contribution < -0.4 is 10.1 Å². The number of thiazole rings is 1. The number of benzene rings is 1. The first-order valence-electron chi connectivity index (χ1n) is 7.53. The molecule has 5 heteroatoms. The molecule has 1 heterocycles. The van der Waals surface area contributed by atoms with Crippen molar-refractivity contribution in [2.75, 3.05) is 6.54 Å². The summed E-state index contributed by atoms with van der Waals surface area (Å²) in [5, 5.41) is 3.90. The summed E-state index contributed by atoms with van der Waals surface area (Å²) in [6.45, 7) is 2.70. The van der Waals surface area contributed by atoms with E-state index in [9.17, 15) is 4.79 Å². The van der Waals surface area contributed by atoms with Gasteiger partial charge in [-0.05, 0) is 37.8 Å². The maximum Gasteiger partial charge on any atom is 0.412 e. The van der Waals surface area contributed by atoms with E-state index in [-0.39, 0.29) is 6.09 Å². The topological polar surface area (TPSA) is 51.2 Å². The van der Waals surface area contributed by atoms with Gasteiger partial charge in [0.05, 0.1) is 15.2 Å². The molecule has 0 saturated heterocycles. The molecule has 21 heavy (non-hydrogen) atoms. The lowest BCUT2D eigenvalue weighted by molar-refractivity contribution is 0.196. The van der Waals surface area contributed by atoms with Crippen molar-refractivity contribution in [1.82, 2.24) is 10.3 Å². The van der Waals surface area contributed by atoms with Crippen molar-refractivity contribution < 1.29 is 9.53 Å². The largest absolute Gasteiger partial charge is 0.412 e. The van der Waals surface area contributed by atoms with Crippen LogP contribution in [0.3, 0.4) is 0 Å². The molecule has 112 valence electrons. The number of aromatic nitrogens is 1. The quantitative estimate of drug-likeness (QED) is 0.921. The number of fused-ring (bicyclic) bond motifs is 1. The van der Waals surface area contributed by atoms with Gasteiger partial charge in [0, 0.05) is 12.6 Å². The van der Waals surface area contributed by atoms with Crippen molar-refractivity contribution in [3.05, 3.63) is 23.2 Å². The van der Waals surface area contributed by atoms with Crippen molar-refractivity contribution in [2.24, 2.45) is 5.92 Å². The molecule has 1 aliphatic carbocycles. The summed E-state index contributed by atoms with van der Waals surface area (Å²) in [6, 6.07) is 5.56. The van der Waals surface area contributed by atoms with Gasteiger partial charge in [-0.15, -0.1) is 11.3 Å². The molecule has 0 bridgehead atoms. The summed E-state index contributed by atoms with van der Waals surface area (Å²) in [5.41, 5.74) is 0.951. The second-order valence-electron chi connectivity index (χ2n) is 5.64. The van der Waals surface area contributed by atoms with Gasteiger partial charge in [0.1, 0.15) is 5.75 Å². The lowest BCUT2D eigenvalue weighted by atomic mass is 9.89. The number of ether oxygens (including phenoxy) is 1. The van der Waals surface area contributed by atoms with Gasteiger partial charge < -0.3 is 10.1 Å². The molecule has 1 aliphatic rings. The summed E-state index contributed by atoms with van der Waals surface area (Å²) in [4.78, 5) is 16.2. The fraction of sp³-hybridized carbons (Fsp3) is 0.500. The number of nitrogens with one attached hydrogen (secondary N) is 1. The van der Waals surface area contributed by atoms with Gasteiger partial charge in [-0.2, -0.15) is 0 Å². The molecular formula is C16H20N2O2S. The highest BCUT2D eigenvalue weighted by Crippen LogP contribution is 2.26. The molecule has 1 aromatic heterocycles. The minimum atomic E-state index is -0.360. The molecule has 1 saturated carbocycles. The maximum atomic E-state index is 11.9. The van der Waals surface area contributed by atoms with E-state index < -0.39 is 0 Å². The van der Waals surface area contributed by atoms with Gasteiger partial charge >= 0.3 is 6.09 Å². The molecule has 0 unspecified atom stereocenters. The van der Waals surface area contributed by atoms with Gasteiger partial charge in [-0.1, -0.05) is 19.3 Å². The van der Waals surface area contributed by atoms with Crippen LogP contribution in [0.4, 0.5) is 4.79 Å². The van der Waals surface area contributed by atoms with Crippen LogP contribution in [-0.2, 0) is 0 Å². The van der Waals surface area contributed by atoms with Crippen LogP contribution in [0, 0.1) is 12.8 Å². The van der Waals surface area contributed by atoms with Crippen LogP contribution in [0.1, 0.15) is 37.1 Å². The highest BCUT2D eigenvalue weighted by Gasteiger charge is 2.15. The van der Waals surface area contributed by atoms with Gasteiger partial charge in [-0.25, -0.2) is 9.78 Å². The number of hydrogen-bond donors (Lipinski definition) is 1. The molecule has 0 radical (unpaired) electrons. The predicted molar refractivity (Wildman–Crippen MR) is 85.0 cm³/mol. The van der Waals surface area contributed by atoms with E-state index in [0.29, 0.717) is 11.7 Å². The monoisotopic (exact) mass is 304 g/mol. The van der Waals surface area contributed by atoms with Crippen LogP contribution in [0.25, 0.3) is 10.2 Å². The first-order valence-corrected chi connectivity index (χ1v) is 8.35. The number of rotatable bonds is 3. The van der Waals surface area contributed by atoms with Crippen molar-refractivity contribution in [3.63, 3.8) is 0 Å². The molecule has 0 aliphatic heterocycles. The van der Waals surface area contributed by atoms with Crippen molar-refractivity contribution in [3.8, 4) is 5.75 Å². The van der Waals surface area contributed by atoms with E-state index in [4.69, 9.17) is 4.74 Å². The van der Waals surface area contributed by atoms with E-state index in [1.165, 1.54) is 32.1 Å². The van der Waals surface area contributed by atoms with E-state index in [1.807, 2.05) is 19.1 Å². The fourth-order valence-corrected chi connectivity index (χ4v) is 3.70. The molecule has 1 N–H and O–H groups in total. The van der Waals surface area contributed by atoms with Crippen LogP contribution in [0.2, 0.25) is 0 Å². The Morgan fingerprint density at radius 1 is 1.38 bits per heavy atom. The number of aryl methyl sites for hydroxylation is 1. The minimum Gasteiger partial charge on any atom is -0.410 e. The molecule has 1 fully saturated rings. The Balaban J connectivity index is 1.55. The zero-order chi connectivity index (χ0) is 14.7. The summed E-state index contributed by atoms with van der Waals surface area (Å²) < 4.78 is 6.40. The summed E-state index contributed by atoms with van der Waals surface area (Å²) in [5.74, 6) is 1.19. The third-order valence-electron chi connectivity index (χ3n) is 3.94. The molecule has 0 spiro atoms. The standard InChI is InChI=1S/C16H20N2O2S/c1-11-18-14-8-7-13(9-15(14)21-11)20-16(19)17-10-12-5-3-2-4-6-12/h7-9,12H,2-6,10H2,1H3,(H,17,19). The second kappa shape index (κ2) is 6.43. The molecule has 0 atom stereocenters. The van der Waals surface area contributed by atoms with Crippen LogP contribution in [-0.4, -0.2) is 17.6 Å². The average molecular weight is 304 g/mol.